The molecule has 0 amide bonds. The van der Waals surface area contributed by atoms with E-state index < -0.39 is 29.9 Å². The Hall–Kier alpha value is -3.03. The zero-order valence-corrected chi connectivity index (χ0v) is 16.9. The van der Waals surface area contributed by atoms with Gasteiger partial charge in [-0.25, -0.2) is 9.59 Å². The minimum absolute atomic E-state index is 0.208. The lowest BCUT2D eigenvalue weighted by Gasteiger charge is -2.30. The second kappa shape index (κ2) is 12.4. The summed E-state index contributed by atoms with van der Waals surface area (Å²) in [4.78, 5) is 31.1. The molecule has 2 aromatic carbocycles. The largest absolute Gasteiger partial charge is 0.478 e. The van der Waals surface area contributed by atoms with Gasteiger partial charge < -0.3 is 20.4 Å². The van der Waals surface area contributed by atoms with Crippen molar-refractivity contribution in [1.29, 1.82) is 0 Å². The number of aromatic carboxylic acids is 1. The number of benzene rings is 2. The fraction of sp³-hybridized carbons (Fsp3) is 0.318. The minimum Gasteiger partial charge on any atom is -0.478 e. The summed E-state index contributed by atoms with van der Waals surface area (Å²) >= 11 is 0. The SMILES string of the molecule is CC(O)C(C)(C)C(C)O.O=C(O)C(=O)c1ccccc1.O=C(O)c1ccccc1. The Morgan fingerprint density at radius 3 is 1.28 bits per heavy atom. The van der Waals surface area contributed by atoms with Crippen LogP contribution >= 0.6 is 0 Å². The van der Waals surface area contributed by atoms with Crippen LogP contribution in [0.15, 0.2) is 60.7 Å². The summed E-state index contributed by atoms with van der Waals surface area (Å²) in [6.07, 6.45) is -0.921. The number of carbonyl (C=O) groups excluding carboxylic acids is 1. The highest BCUT2D eigenvalue weighted by molar-refractivity contribution is 6.39. The molecular formula is C22H28O7. The number of aliphatic carboxylic acids is 1. The van der Waals surface area contributed by atoms with Crippen molar-refractivity contribution >= 4 is 17.7 Å². The number of ketones is 1. The number of aliphatic hydroxyl groups is 2. The Balaban J connectivity index is 0.000000409. The average Bonchev–Trinajstić information content (AvgIpc) is 2.69. The summed E-state index contributed by atoms with van der Waals surface area (Å²) in [5.41, 5.74) is 0.150. The van der Waals surface area contributed by atoms with Crippen molar-refractivity contribution in [1.82, 2.24) is 0 Å². The van der Waals surface area contributed by atoms with E-state index in [0.717, 1.165) is 0 Å². The van der Waals surface area contributed by atoms with Crippen LogP contribution in [0.5, 0.6) is 0 Å². The first-order valence-electron chi connectivity index (χ1n) is 8.88. The number of carbonyl (C=O) groups is 3. The Labute approximate surface area is 170 Å². The summed E-state index contributed by atoms with van der Waals surface area (Å²) in [5, 5.41) is 34.9. The summed E-state index contributed by atoms with van der Waals surface area (Å²) in [6.45, 7) is 7.05. The van der Waals surface area contributed by atoms with Gasteiger partial charge in [-0.3, -0.25) is 4.79 Å². The van der Waals surface area contributed by atoms with Gasteiger partial charge in [0.15, 0.2) is 0 Å². The monoisotopic (exact) mass is 404 g/mol. The van der Waals surface area contributed by atoms with E-state index in [4.69, 9.17) is 20.4 Å². The molecule has 29 heavy (non-hydrogen) atoms. The lowest BCUT2D eigenvalue weighted by Crippen LogP contribution is -2.36. The maximum Gasteiger partial charge on any atom is 0.377 e. The molecule has 2 rings (SSSR count). The molecule has 0 fully saturated rings. The lowest BCUT2D eigenvalue weighted by molar-refractivity contribution is -0.131. The van der Waals surface area contributed by atoms with E-state index in [2.05, 4.69) is 0 Å². The summed E-state index contributed by atoms with van der Waals surface area (Å²) in [5.74, 6) is -3.17. The molecule has 2 unspecified atom stereocenters. The van der Waals surface area contributed by atoms with Crippen molar-refractivity contribution < 1.29 is 34.8 Å². The lowest BCUT2D eigenvalue weighted by atomic mass is 9.82. The van der Waals surface area contributed by atoms with E-state index >= 15 is 0 Å². The van der Waals surface area contributed by atoms with Crippen molar-refractivity contribution in [3.05, 3.63) is 71.8 Å². The molecule has 0 aliphatic carbocycles. The van der Waals surface area contributed by atoms with Crippen LogP contribution in [0, 0.1) is 5.41 Å². The zero-order valence-electron chi connectivity index (χ0n) is 16.9. The van der Waals surface area contributed by atoms with Crippen molar-refractivity contribution in [2.75, 3.05) is 0 Å². The molecule has 0 aromatic heterocycles. The third kappa shape index (κ3) is 9.64. The van der Waals surface area contributed by atoms with Crippen LogP contribution in [0.4, 0.5) is 0 Å². The fourth-order valence-corrected chi connectivity index (χ4v) is 1.64. The first-order valence-corrected chi connectivity index (χ1v) is 8.88. The number of hydrogen-bond acceptors (Lipinski definition) is 5. The first-order chi connectivity index (χ1) is 13.4. The maximum absolute atomic E-state index is 10.7. The third-order valence-electron chi connectivity index (χ3n) is 4.40. The zero-order chi connectivity index (χ0) is 22.6. The van der Waals surface area contributed by atoms with Gasteiger partial charge in [-0.2, -0.15) is 0 Å². The molecule has 158 valence electrons. The Morgan fingerprint density at radius 1 is 0.724 bits per heavy atom. The van der Waals surface area contributed by atoms with Crippen LogP contribution in [-0.2, 0) is 4.79 Å². The molecule has 0 saturated carbocycles. The molecule has 2 aromatic rings. The molecule has 0 radical (unpaired) electrons. The maximum atomic E-state index is 10.7. The minimum atomic E-state index is -1.42. The highest BCUT2D eigenvalue weighted by Crippen LogP contribution is 2.24. The van der Waals surface area contributed by atoms with E-state index in [1.807, 2.05) is 13.8 Å². The van der Waals surface area contributed by atoms with Gasteiger partial charge in [0.2, 0.25) is 0 Å². The molecule has 0 heterocycles. The van der Waals surface area contributed by atoms with Gasteiger partial charge in [0, 0.05) is 11.0 Å². The third-order valence-corrected chi connectivity index (χ3v) is 4.40. The van der Waals surface area contributed by atoms with Crippen LogP contribution < -0.4 is 0 Å². The quantitative estimate of drug-likeness (QED) is 0.445. The molecule has 0 aliphatic heterocycles. The van der Waals surface area contributed by atoms with E-state index in [1.165, 1.54) is 12.1 Å². The van der Waals surface area contributed by atoms with E-state index in [-0.39, 0.29) is 11.0 Å². The predicted molar refractivity (Wildman–Crippen MR) is 109 cm³/mol. The van der Waals surface area contributed by atoms with Gasteiger partial charge in [-0.1, -0.05) is 62.4 Å². The highest BCUT2D eigenvalue weighted by Gasteiger charge is 2.29. The number of Topliss-reactive ketones (excluding diaryl/α,β-unsaturated/α-hetero) is 1. The first kappa shape index (κ1) is 26.0. The number of carboxylic acids is 2. The Morgan fingerprint density at radius 2 is 1.07 bits per heavy atom. The molecule has 0 bridgehead atoms. The van der Waals surface area contributed by atoms with Gasteiger partial charge in [0.1, 0.15) is 0 Å². The molecule has 7 heteroatoms. The fourth-order valence-electron chi connectivity index (χ4n) is 1.64. The molecule has 0 aliphatic rings. The predicted octanol–water partition coefficient (Wildman–Crippen LogP) is 3.11. The van der Waals surface area contributed by atoms with Gasteiger partial charge >= 0.3 is 11.9 Å². The molecule has 0 spiro atoms. The van der Waals surface area contributed by atoms with Crippen LogP contribution in [0.25, 0.3) is 0 Å². The van der Waals surface area contributed by atoms with Crippen LogP contribution in [0.2, 0.25) is 0 Å². The van der Waals surface area contributed by atoms with E-state index in [9.17, 15) is 14.4 Å². The van der Waals surface area contributed by atoms with Crippen LogP contribution in [-0.4, -0.2) is 50.4 Å². The number of hydrogen-bond donors (Lipinski definition) is 4. The number of aliphatic hydroxyl groups excluding tert-OH is 2. The van der Waals surface area contributed by atoms with Gasteiger partial charge in [0.25, 0.3) is 5.78 Å². The molecular weight excluding hydrogens is 376 g/mol. The van der Waals surface area contributed by atoms with Crippen LogP contribution in [0.3, 0.4) is 0 Å². The molecule has 0 saturated heterocycles. The van der Waals surface area contributed by atoms with Crippen LogP contribution in [0.1, 0.15) is 48.4 Å². The van der Waals surface area contributed by atoms with Crippen molar-refractivity contribution in [3.63, 3.8) is 0 Å². The molecule has 4 N–H and O–H groups in total. The van der Waals surface area contributed by atoms with Gasteiger partial charge in [-0.15, -0.1) is 0 Å². The van der Waals surface area contributed by atoms with Crippen molar-refractivity contribution in [3.8, 4) is 0 Å². The summed E-state index contributed by atoms with van der Waals surface area (Å²) in [6, 6.07) is 16.2. The second-order valence-corrected chi connectivity index (χ2v) is 6.84. The highest BCUT2D eigenvalue weighted by atomic mass is 16.4. The van der Waals surface area contributed by atoms with Gasteiger partial charge in [-0.05, 0) is 26.0 Å². The van der Waals surface area contributed by atoms with Gasteiger partial charge in [0.05, 0.1) is 17.8 Å². The van der Waals surface area contributed by atoms with Crippen molar-refractivity contribution in [2.24, 2.45) is 5.41 Å². The topological polar surface area (TPSA) is 132 Å². The molecule has 2 atom stereocenters. The van der Waals surface area contributed by atoms with E-state index in [1.54, 1.807) is 62.4 Å². The summed E-state index contributed by atoms with van der Waals surface area (Å²) < 4.78 is 0. The second-order valence-electron chi connectivity index (χ2n) is 6.84. The Kier molecular flexibility index (Phi) is 11.1. The Bertz CT molecular complexity index is 756. The average molecular weight is 404 g/mol. The van der Waals surface area contributed by atoms with E-state index in [0.29, 0.717) is 5.56 Å². The molecule has 7 nitrogen and oxygen atoms in total. The normalized spacial score (nSPS) is 12.2. The number of carboxylic acid groups (broad SMARTS) is 2. The summed E-state index contributed by atoms with van der Waals surface area (Å²) in [7, 11) is 0. The number of rotatable bonds is 5. The standard InChI is InChI=1S/C8H6O3.C7H6O2.C7H16O2/c9-7(8(10)11)6-4-2-1-3-5-6;8-7(9)6-4-2-1-3-5-6;1-5(8)7(3,4)6(2)9/h1-5H,(H,10,11);1-5H,(H,8,9);5-6,8-9H,1-4H3. The van der Waals surface area contributed by atoms with Crippen molar-refractivity contribution in [2.45, 2.75) is 39.9 Å². The smallest absolute Gasteiger partial charge is 0.377 e.